The lowest BCUT2D eigenvalue weighted by Gasteiger charge is -2.24. The molecule has 1 aromatic rings. The van der Waals surface area contributed by atoms with E-state index < -0.39 is 0 Å². The number of oxazole rings is 1. The zero-order valence-electron chi connectivity index (χ0n) is 9.73. The average molecular weight is 223 g/mol. The molecular weight excluding hydrogens is 206 g/mol. The number of hydrogen-bond acceptors (Lipinski definition) is 4. The summed E-state index contributed by atoms with van der Waals surface area (Å²) in [5, 5.41) is 0. The Hall–Kier alpha value is -1.32. The Labute approximate surface area is 95.0 Å². The number of aromatic nitrogens is 1. The Morgan fingerprint density at radius 1 is 1.44 bits per heavy atom. The molecule has 1 aromatic heterocycles. The Morgan fingerprint density at radius 2 is 2.12 bits per heavy atom. The SMILES string of the molecule is COC(=O)[C@H]1CC[C@H](c2ncc(C)o2)CC1. The number of nitrogens with zero attached hydrogens (tertiary/aromatic N) is 1. The molecule has 0 radical (unpaired) electrons. The molecule has 0 N–H and O–H groups in total. The van der Waals surface area contributed by atoms with Crippen LogP contribution in [0.2, 0.25) is 0 Å². The van der Waals surface area contributed by atoms with E-state index in [0.29, 0.717) is 5.92 Å². The summed E-state index contributed by atoms with van der Waals surface area (Å²) in [6.45, 7) is 1.90. The summed E-state index contributed by atoms with van der Waals surface area (Å²) in [5.41, 5.74) is 0. The first-order valence-electron chi connectivity index (χ1n) is 5.71. The maximum atomic E-state index is 11.4. The van der Waals surface area contributed by atoms with Crippen LogP contribution in [0.15, 0.2) is 10.6 Å². The maximum Gasteiger partial charge on any atom is 0.308 e. The third-order valence-corrected chi connectivity index (χ3v) is 3.25. The number of methoxy groups -OCH3 is 1. The van der Waals surface area contributed by atoms with Crippen LogP contribution in [-0.4, -0.2) is 18.1 Å². The van der Waals surface area contributed by atoms with Crippen LogP contribution in [0.3, 0.4) is 0 Å². The second kappa shape index (κ2) is 4.68. The smallest absolute Gasteiger partial charge is 0.308 e. The molecule has 0 unspecified atom stereocenters. The van der Waals surface area contributed by atoms with Crippen LogP contribution in [0.4, 0.5) is 0 Å². The highest BCUT2D eigenvalue weighted by Gasteiger charge is 2.29. The fraction of sp³-hybridized carbons (Fsp3) is 0.667. The third-order valence-electron chi connectivity index (χ3n) is 3.25. The molecule has 1 fully saturated rings. The number of ether oxygens (including phenoxy) is 1. The van der Waals surface area contributed by atoms with Gasteiger partial charge in [0.05, 0.1) is 19.2 Å². The van der Waals surface area contributed by atoms with E-state index in [-0.39, 0.29) is 11.9 Å². The average Bonchev–Trinajstić information content (AvgIpc) is 2.75. The van der Waals surface area contributed by atoms with Crippen LogP contribution in [0, 0.1) is 12.8 Å². The summed E-state index contributed by atoms with van der Waals surface area (Å²) >= 11 is 0. The lowest BCUT2D eigenvalue weighted by atomic mass is 9.82. The van der Waals surface area contributed by atoms with E-state index in [4.69, 9.17) is 9.15 Å². The molecule has 1 heterocycles. The third kappa shape index (κ3) is 2.26. The molecule has 0 saturated heterocycles. The van der Waals surface area contributed by atoms with Gasteiger partial charge in [0, 0.05) is 5.92 Å². The largest absolute Gasteiger partial charge is 0.469 e. The van der Waals surface area contributed by atoms with E-state index >= 15 is 0 Å². The lowest BCUT2D eigenvalue weighted by molar-refractivity contribution is -0.146. The van der Waals surface area contributed by atoms with Gasteiger partial charge in [-0.3, -0.25) is 4.79 Å². The van der Waals surface area contributed by atoms with Crippen LogP contribution in [-0.2, 0) is 9.53 Å². The highest BCUT2D eigenvalue weighted by Crippen LogP contribution is 2.35. The summed E-state index contributed by atoms with van der Waals surface area (Å²) in [5.74, 6) is 2.03. The molecule has 0 bridgehead atoms. The first-order chi connectivity index (χ1) is 7.70. The zero-order chi connectivity index (χ0) is 11.5. The molecular formula is C12H17NO3. The van der Waals surface area contributed by atoms with Crippen LogP contribution < -0.4 is 0 Å². The summed E-state index contributed by atoms with van der Waals surface area (Å²) in [7, 11) is 1.45. The van der Waals surface area contributed by atoms with Crippen molar-refractivity contribution in [2.75, 3.05) is 7.11 Å². The fourth-order valence-electron chi connectivity index (χ4n) is 2.30. The summed E-state index contributed by atoms with van der Waals surface area (Å²) in [6, 6.07) is 0. The van der Waals surface area contributed by atoms with E-state index in [1.54, 1.807) is 6.20 Å². The molecule has 0 amide bonds. The summed E-state index contributed by atoms with van der Waals surface area (Å²) < 4.78 is 10.3. The minimum Gasteiger partial charge on any atom is -0.469 e. The van der Waals surface area contributed by atoms with Gasteiger partial charge in [-0.15, -0.1) is 0 Å². The number of carbonyl (C=O) groups excluding carboxylic acids is 1. The first kappa shape index (κ1) is 11.2. The number of hydrogen-bond donors (Lipinski definition) is 0. The van der Waals surface area contributed by atoms with Gasteiger partial charge in [-0.2, -0.15) is 0 Å². The van der Waals surface area contributed by atoms with Crippen LogP contribution in [0.5, 0.6) is 0 Å². The highest BCUT2D eigenvalue weighted by molar-refractivity contribution is 5.72. The maximum absolute atomic E-state index is 11.4. The van der Waals surface area contributed by atoms with Crippen molar-refractivity contribution in [3.63, 3.8) is 0 Å². The number of rotatable bonds is 2. The molecule has 1 aliphatic rings. The topological polar surface area (TPSA) is 52.3 Å². The summed E-state index contributed by atoms with van der Waals surface area (Å²) in [6.07, 6.45) is 5.42. The summed E-state index contributed by atoms with van der Waals surface area (Å²) in [4.78, 5) is 15.6. The quantitative estimate of drug-likeness (QED) is 0.722. The highest BCUT2D eigenvalue weighted by atomic mass is 16.5. The fourth-order valence-corrected chi connectivity index (χ4v) is 2.30. The Kier molecular flexibility index (Phi) is 3.27. The molecule has 0 atom stereocenters. The molecule has 2 rings (SSSR count). The van der Waals surface area contributed by atoms with Crippen molar-refractivity contribution in [2.45, 2.75) is 38.5 Å². The van der Waals surface area contributed by atoms with Gasteiger partial charge >= 0.3 is 5.97 Å². The Morgan fingerprint density at radius 3 is 2.62 bits per heavy atom. The van der Waals surface area contributed by atoms with Gasteiger partial charge < -0.3 is 9.15 Å². The Balaban J connectivity index is 1.92. The lowest BCUT2D eigenvalue weighted by Crippen LogP contribution is -2.22. The second-order valence-corrected chi connectivity index (χ2v) is 4.38. The van der Waals surface area contributed by atoms with Crippen molar-refractivity contribution >= 4 is 5.97 Å². The first-order valence-corrected chi connectivity index (χ1v) is 5.71. The van der Waals surface area contributed by atoms with Gasteiger partial charge in [-0.1, -0.05) is 0 Å². The molecule has 1 aliphatic carbocycles. The minimum absolute atomic E-state index is 0.0670. The van der Waals surface area contributed by atoms with Gasteiger partial charge in [0.25, 0.3) is 0 Å². The normalized spacial score (nSPS) is 25.4. The van der Waals surface area contributed by atoms with Gasteiger partial charge in [0.15, 0.2) is 5.89 Å². The van der Waals surface area contributed by atoms with Crippen molar-refractivity contribution in [3.8, 4) is 0 Å². The van der Waals surface area contributed by atoms with Crippen molar-refractivity contribution in [2.24, 2.45) is 5.92 Å². The van der Waals surface area contributed by atoms with E-state index in [0.717, 1.165) is 37.3 Å². The number of esters is 1. The van der Waals surface area contributed by atoms with Gasteiger partial charge in [0.1, 0.15) is 5.76 Å². The molecule has 16 heavy (non-hydrogen) atoms. The minimum atomic E-state index is -0.0814. The predicted molar refractivity (Wildman–Crippen MR) is 58.0 cm³/mol. The van der Waals surface area contributed by atoms with Crippen molar-refractivity contribution in [3.05, 3.63) is 17.8 Å². The van der Waals surface area contributed by atoms with E-state index in [1.165, 1.54) is 7.11 Å². The monoisotopic (exact) mass is 223 g/mol. The van der Waals surface area contributed by atoms with Crippen molar-refractivity contribution < 1.29 is 13.9 Å². The molecule has 0 aliphatic heterocycles. The van der Waals surface area contributed by atoms with Crippen LogP contribution in [0.25, 0.3) is 0 Å². The molecule has 1 saturated carbocycles. The van der Waals surface area contributed by atoms with Crippen molar-refractivity contribution in [1.29, 1.82) is 0 Å². The molecule has 4 heteroatoms. The number of aryl methyl sites for hydroxylation is 1. The number of carbonyl (C=O) groups is 1. The standard InChI is InChI=1S/C12H17NO3/c1-8-7-13-11(16-8)9-3-5-10(6-4-9)12(14)15-2/h7,9-10H,3-6H2,1-2H3/t9-,10-. The van der Waals surface area contributed by atoms with E-state index in [9.17, 15) is 4.79 Å². The Bertz CT molecular complexity index is 364. The molecule has 0 aromatic carbocycles. The molecule has 0 spiro atoms. The van der Waals surface area contributed by atoms with Crippen LogP contribution >= 0.6 is 0 Å². The molecule has 88 valence electrons. The zero-order valence-corrected chi connectivity index (χ0v) is 9.73. The van der Waals surface area contributed by atoms with E-state index in [2.05, 4.69) is 4.98 Å². The second-order valence-electron chi connectivity index (χ2n) is 4.38. The van der Waals surface area contributed by atoms with Gasteiger partial charge in [-0.25, -0.2) is 4.98 Å². The van der Waals surface area contributed by atoms with Gasteiger partial charge in [0.2, 0.25) is 0 Å². The van der Waals surface area contributed by atoms with Crippen molar-refractivity contribution in [1.82, 2.24) is 4.98 Å². The van der Waals surface area contributed by atoms with Crippen LogP contribution in [0.1, 0.15) is 43.3 Å². The van der Waals surface area contributed by atoms with E-state index in [1.807, 2.05) is 6.92 Å². The van der Waals surface area contributed by atoms with Gasteiger partial charge in [-0.05, 0) is 32.6 Å². The predicted octanol–water partition coefficient (Wildman–Crippen LogP) is 2.43. The molecule has 4 nitrogen and oxygen atoms in total.